The van der Waals surface area contributed by atoms with Crippen LogP contribution in [0.25, 0.3) is 33.4 Å². The Bertz CT molecular complexity index is 1050. The molecule has 3 heterocycles. The highest BCUT2D eigenvalue weighted by Gasteiger charge is 2.15. The first kappa shape index (κ1) is 13.9. The highest BCUT2D eigenvalue weighted by atomic mass is 79.9. The molecule has 3 aromatic heterocycles. The predicted molar refractivity (Wildman–Crippen MR) is 93.1 cm³/mol. The van der Waals surface area contributed by atoms with Gasteiger partial charge in [-0.3, -0.25) is 9.78 Å². The first-order valence-electron chi connectivity index (χ1n) is 7.01. The summed E-state index contributed by atoms with van der Waals surface area (Å²) in [5.41, 5.74) is 3.59. The Morgan fingerprint density at radius 3 is 2.61 bits per heavy atom. The largest absolute Gasteiger partial charge is 0.353 e. The number of H-pyrrole nitrogens is 2. The van der Waals surface area contributed by atoms with Crippen molar-refractivity contribution in [3.8, 4) is 22.5 Å². The quantitative estimate of drug-likeness (QED) is 0.567. The van der Waals surface area contributed by atoms with Gasteiger partial charge in [-0.1, -0.05) is 18.2 Å². The van der Waals surface area contributed by atoms with Crippen LogP contribution in [-0.2, 0) is 0 Å². The van der Waals surface area contributed by atoms with E-state index in [0.29, 0.717) is 11.3 Å². The SMILES string of the molecule is O=c1[nH]nc(-c2ccncc2)cc1-c1[nH]c2ccccc2c1Br. The molecule has 0 fully saturated rings. The molecule has 0 atom stereocenters. The summed E-state index contributed by atoms with van der Waals surface area (Å²) < 4.78 is 0.866. The Balaban J connectivity index is 1.94. The van der Waals surface area contributed by atoms with Gasteiger partial charge in [0.2, 0.25) is 0 Å². The standard InChI is InChI=1S/C17H11BrN4O/c18-15-11-3-1-2-4-13(11)20-16(15)12-9-14(21-22-17(12)23)10-5-7-19-8-6-10/h1-9,20H,(H,22,23). The fraction of sp³-hybridized carbons (Fsp3) is 0. The summed E-state index contributed by atoms with van der Waals surface area (Å²) >= 11 is 3.59. The maximum Gasteiger partial charge on any atom is 0.273 e. The molecule has 0 aliphatic heterocycles. The maximum absolute atomic E-state index is 12.3. The lowest BCUT2D eigenvalue weighted by molar-refractivity contribution is 0.995. The molecule has 0 unspecified atom stereocenters. The minimum Gasteiger partial charge on any atom is -0.353 e. The molecule has 2 N–H and O–H groups in total. The van der Waals surface area contributed by atoms with Crippen LogP contribution in [0.4, 0.5) is 0 Å². The molecule has 0 aliphatic rings. The van der Waals surface area contributed by atoms with Gasteiger partial charge in [0, 0.05) is 28.9 Å². The van der Waals surface area contributed by atoms with Gasteiger partial charge in [-0.15, -0.1) is 0 Å². The molecule has 0 aliphatic carbocycles. The van der Waals surface area contributed by atoms with E-state index in [2.05, 4.69) is 36.1 Å². The van der Waals surface area contributed by atoms with Crippen LogP contribution in [0.1, 0.15) is 0 Å². The average Bonchev–Trinajstić information content (AvgIpc) is 2.93. The second kappa shape index (κ2) is 5.48. The molecule has 0 amide bonds. The zero-order valence-electron chi connectivity index (χ0n) is 11.9. The molecule has 4 aromatic rings. The summed E-state index contributed by atoms with van der Waals surface area (Å²) in [6, 6.07) is 13.4. The van der Waals surface area contributed by atoms with E-state index in [0.717, 1.165) is 26.6 Å². The van der Waals surface area contributed by atoms with E-state index in [9.17, 15) is 4.79 Å². The van der Waals surface area contributed by atoms with Crippen LogP contribution < -0.4 is 5.56 Å². The summed E-state index contributed by atoms with van der Waals surface area (Å²) in [6.07, 6.45) is 3.39. The van der Waals surface area contributed by atoms with E-state index in [4.69, 9.17) is 0 Å². The fourth-order valence-electron chi connectivity index (χ4n) is 2.56. The van der Waals surface area contributed by atoms with Crippen LogP contribution in [0.2, 0.25) is 0 Å². The summed E-state index contributed by atoms with van der Waals surface area (Å²) in [6.45, 7) is 0. The molecule has 0 spiro atoms. The van der Waals surface area contributed by atoms with Crippen molar-refractivity contribution in [1.82, 2.24) is 20.2 Å². The number of pyridine rings is 1. The fourth-order valence-corrected chi connectivity index (χ4v) is 3.21. The number of aromatic amines is 2. The lowest BCUT2D eigenvalue weighted by Gasteiger charge is -2.03. The Kier molecular flexibility index (Phi) is 3.31. The van der Waals surface area contributed by atoms with Crippen molar-refractivity contribution in [2.45, 2.75) is 0 Å². The van der Waals surface area contributed by atoms with E-state index in [1.807, 2.05) is 36.4 Å². The second-order valence-corrected chi connectivity index (χ2v) is 5.88. The van der Waals surface area contributed by atoms with Crippen LogP contribution in [0, 0.1) is 0 Å². The van der Waals surface area contributed by atoms with Gasteiger partial charge in [0.05, 0.1) is 21.4 Å². The van der Waals surface area contributed by atoms with Gasteiger partial charge in [0.1, 0.15) is 0 Å². The van der Waals surface area contributed by atoms with Crippen LogP contribution in [0.15, 0.2) is 64.1 Å². The Morgan fingerprint density at radius 1 is 1.04 bits per heavy atom. The summed E-state index contributed by atoms with van der Waals surface area (Å²) in [7, 11) is 0. The van der Waals surface area contributed by atoms with Crippen LogP contribution >= 0.6 is 15.9 Å². The number of halogens is 1. The van der Waals surface area contributed by atoms with Gasteiger partial charge in [0.15, 0.2) is 0 Å². The van der Waals surface area contributed by atoms with Crippen LogP contribution in [0.5, 0.6) is 0 Å². The van der Waals surface area contributed by atoms with Crippen molar-refractivity contribution in [2.75, 3.05) is 0 Å². The molecule has 1 aromatic carbocycles. The molecule has 4 rings (SSSR count). The molecular weight excluding hydrogens is 356 g/mol. The number of aromatic nitrogens is 4. The topological polar surface area (TPSA) is 74.4 Å². The van der Waals surface area contributed by atoms with Crippen LogP contribution in [0.3, 0.4) is 0 Å². The van der Waals surface area contributed by atoms with Crippen molar-refractivity contribution >= 4 is 26.8 Å². The third kappa shape index (κ3) is 2.37. The molecule has 0 bridgehead atoms. The molecule has 23 heavy (non-hydrogen) atoms. The van der Waals surface area contributed by atoms with Gasteiger partial charge in [-0.25, -0.2) is 5.10 Å². The number of nitrogens with zero attached hydrogens (tertiary/aromatic N) is 2. The monoisotopic (exact) mass is 366 g/mol. The van der Waals surface area contributed by atoms with Gasteiger partial charge in [-0.05, 0) is 40.2 Å². The summed E-state index contributed by atoms with van der Waals surface area (Å²) in [4.78, 5) is 19.6. The first-order chi connectivity index (χ1) is 11.2. The van der Waals surface area contributed by atoms with E-state index < -0.39 is 0 Å². The molecule has 0 radical (unpaired) electrons. The summed E-state index contributed by atoms with van der Waals surface area (Å²) in [5, 5.41) is 7.73. The number of benzene rings is 1. The van der Waals surface area contributed by atoms with Crippen molar-refractivity contribution in [2.24, 2.45) is 0 Å². The third-order valence-electron chi connectivity index (χ3n) is 3.69. The molecule has 112 valence electrons. The number of hydrogen-bond donors (Lipinski definition) is 2. The highest BCUT2D eigenvalue weighted by Crippen LogP contribution is 2.33. The van der Waals surface area contributed by atoms with E-state index in [1.54, 1.807) is 18.5 Å². The molecule has 6 heteroatoms. The van der Waals surface area contributed by atoms with E-state index in [-0.39, 0.29) is 5.56 Å². The molecule has 5 nitrogen and oxygen atoms in total. The maximum atomic E-state index is 12.3. The Morgan fingerprint density at radius 2 is 1.83 bits per heavy atom. The smallest absolute Gasteiger partial charge is 0.273 e. The normalized spacial score (nSPS) is 11.0. The average molecular weight is 367 g/mol. The lowest BCUT2D eigenvalue weighted by Crippen LogP contribution is -2.11. The Labute approximate surface area is 139 Å². The van der Waals surface area contributed by atoms with Crippen molar-refractivity contribution in [3.63, 3.8) is 0 Å². The van der Waals surface area contributed by atoms with Crippen molar-refractivity contribution < 1.29 is 0 Å². The number of fused-ring (bicyclic) bond motifs is 1. The molecule has 0 saturated carbocycles. The third-order valence-corrected chi connectivity index (χ3v) is 4.52. The van der Waals surface area contributed by atoms with Gasteiger partial charge >= 0.3 is 0 Å². The van der Waals surface area contributed by atoms with Gasteiger partial charge in [0.25, 0.3) is 5.56 Å². The van der Waals surface area contributed by atoms with Crippen molar-refractivity contribution in [1.29, 1.82) is 0 Å². The highest BCUT2D eigenvalue weighted by molar-refractivity contribution is 9.10. The van der Waals surface area contributed by atoms with Gasteiger partial charge in [-0.2, -0.15) is 5.10 Å². The van der Waals surface area contributed by atoms with E-state index >= 15 is 0 Å². The zero-order chi connectivity index (χ0) is 15.8. The molecule has 0 saturated heterocycles. The van der Waals surface area contributed by atoms with Crippen molar-refractivity contribution in [3.05, 3.63) is 69.7 Å². The van der Waals surface area contributed by atoms with Crippen LogP contribution in [-0.4, -0.2) is 20.2 Å². The minimum atomic E-state index is -0.241. The van der Waals surface area contributed by atoms with E-state index in [1.165, 1.54) is 0 Å². The number of hydrogen-bond acceptors (Lipinski definition) is 3. The zero-order valence-corrected chi connectivity index (χ0v) is 13.5. The second-order valence-electron chi connectivity index (χ2n) is 5.09. The molecular formula is C17H11BrN4O. The number of rotatable bonds is 2. The number of nitrogens with one attached hydrogen (secondary N) is 2. The lowest BCUT2D eigenvalue weighted by atomic mass is 10.1. The Hall–Kier alpha value is -2.73. The first-order valence-corrected chi connectivity index (χ1v) is 7.80. The predicted octanol–water partition coefficient (Wildman–Crippen LogP) is 3.74. The minimum absolute atomic E-state index is 0.241. The van der Waals surface area contributed by atoms with Gasteiger partial charge < -0.3 is 4.98 Å². The summed E-state index contributed by atoms with van der Waals surface area (Å²) in [5.74, 6) is 0. The number of para-hydroxylation sites is 1.